The number of hydrogen-bond acceptors (Lipinski definition) is 5. The molecule has 0 aliphatic rings. The Balaban J connectivity index is 1.71. The van der Waals surface area contributed by atoms with Crippen LogP contribution >= 0.6 is 0 Å². The summed E-state index contributed by atoms with van der Waals surface area (Å²) in [5.74, 6) is 2.27. The molecule has 0 bridgehead atoms. The average molecular weight is 602 g/mol. The monoisotopic (exact) mass is 601 g/mol. The van der Waals surface area contributed by atoms with Crippen molar-refractivity contribution in [3.05, 3.63) is 99.6 Å². The summed E-state index contributed by atoms with van der Waals surface area (Å²) in [5, 5.41) is 15.5. The second kappa shape index (κ2) is 11.5. The number of rotatable bonds is 7. The summed E-state index contributed by atoms with van der Waals surface area (Å²) >= 11 is 0. The first kappa shape index (κ1) is 30.1. The maximum atomic E-state index is 13.6. The molecule has 0 radical (unpaired) electrons. The van der Waals surface area contributed by atoms with Gasteiger partial charge in [0.05, 0.1) is 25.9 Å². The summed E-state index contributed by atoms with van der Waals surface area (Å²) in [6, 6.07) is 13.3. The van der Waals surface area contributed by atoms with Crippen molar-refractivity contribution in [2.45, 2.75) is 24.5 Å². The Labute approximate surface area is 238 Å². The minimum atomic E-state index is -4.64. The van der Waals surface area contributed by atoms with Gasteiger partial charge < -0.3 is 11.1 Å². The average Bonchev–Trinajstić information content (AvgIpc) is 3.37. The predicted molar refractivity (Wildman–Crippen MR) is 152 cm³/mol. The van der Waals surface area contributed by atoms with Gasteiger partial charge in [-0.25, -0.2) is 9.69 Å². The van der Waals surface area contributed by atoms with E-state index in [0.29, 0.717) is 22.5 Å². The lowest BCUT2D eigenvalue weighted by atomic mass is 10.1. The molecule has 4 aromatic rings. The molecule has 1 unspecified atom stereocenters. The number of carbonyl (C=O) groups excluding carboxylic acids is 1. The van der Waals surface area contributed by atoms with E-state index >= 15 is 0 Å². The molecule has 1 amide bonds. The highest BCUT2D eigenvalue weighted by molar-refractivity contribution is 7.99. The number of nitrogens with two attached hydrogens (primary N) is 1. The highest BCUT2D eigenvalue weighted by atomic mass is 32.2. The summed E-state index contributed by atoms with van der Waals surface area (Å²) in [4.78, 5) is 27.1. The van der Waals surface area contributed by atoms with Crippen LogP contribution in [0.5, 0.6) is 0 Å². The molecule has 11 nitrogen and oxygen atoms in total. The molecule has 0 aliphatic carbocycles. The Morgan fingerprint density at radius 3 is 2.45 bits per heavy atom. The lowest BCUT2D eigenvalue weighted by Gasteiger charge is -2.18. The first-order valence-corrected chi connectivity index (χ1v) is 13.8. The van der Waals surface area contributed by atoms with E-state index in [9.17, 15) is 27.0 Å². The second-order valence-corrected chi connectivity index (χ2v) is 11.1. The van der Waals surface area contributed by atoms with Crippen LogP contribution in [-0.4, -0.2) is 41.5 Å². The van der Waals surface area contributed by atoms with Gasteiger partial charge in [-0.1, -0.05) is 18.2 Å². The quantitative estimate of drug-likeness (QED) is 0.110. The number of amides is 1. The molecule has 5 N–H and O–H groups in total. The highest BCUT2D eigenvalue weighted by Gasteiger charge is 2.31. The van der Waals surface area contributed by atoms with Crippen molar-refractivity contribution in [1.29, 1.82) is 0 Å². The zero-order valence-corrected chi connectivity index (χ0v) is 23.2. The van der Waals surface area contributed by atoms with E-state index in [2.05, 4.69) is 20.7 Å². The van der Waals surface area contributed by atoms with Crippen LogP contribution in [0.25, 0.3) is 16.9 Å². The fourth-order valence-electron chi connectivity index (χ4n) is 4.23. The van der Waals surface area contributed by atoms with Gasteiger partial charge in [0.15, 0.2) is 0 Å². The molecule has 2 heterocycles. The van der Waals surface area contributed by atoms with E-state index in [0.717, 1.165) is 16.7 Å². The third-order valence-corrected chi connectivity index (χ3v) is 7.83. The Morgan fingerprint density at radius 1 is 1.17 bits per heavy atom. The molecule has 220 valence electrons. The molecular formula is C27H26F3N7O4S. The smallest absolute Gasteiger partial charge is 0.367 e. The molecule has 0 aliphatic heterocycles. The summed E-state index contributed by atoms with van der Waals surface area (Å²) in [6.07, 6.45) is -3.12. The Kier molecular flexibility index (Phi) is 8.26. The Hall–Kier alpha value is -4.89. The first-order chi connectivity index (χ1) is 19.7. The maximum Gasteiger partial charge on any atom is 0.416 e. The number of nitrogens with zero attached hydrogens (tertiary/aromatic N) is 4. The SMILES string of the molecule is C=S(=O)(N=C(N)NO)c1ccc(CNC(=O)c2cc(-c3ccnn3C)c(C)n(-c3cccc(C(F)(F)F)c3)c2=O)cc1. The van der Waals surface area contributed by atoms with Crippen LogP contribution < -0.4 is 22.1 Å². The molecule has 2 aromatic heterocycles. The summed E-state index contributed by atoms with van der Waals surface area (Å²) in [7, 11) is -1.56. The van der Waals surface area contributed by atoms with Crippen LogP contribution in [0.2, 0.25) is 0 Å². The van der Waals surface area contributed by atoms with Gasteiger partial charge in [-0.05, 0) is 60.8 Å². The Bertz CT molecular complexity index is 1840. The number of aryl methyl sites for hydroxylation is 1. The molecule has 1 atom stereocenters. The van der Waals surface area contributed by atoms with Crippen molar-refractivity contribution in [2.75, 3.05) is 0 Å². The van der Waals surface area contributed by atoms with Crippen LogP contribution in [-0.2, 0) is 29.5 Å². The highest BCUT2D eigenvalue weighted by Crippen LogP contribution is 2.31. The molecule has 4 rings (SSSR count). The molecule has 0 saturated carbocycles. The van der Waals surface area contributed by atoms with Crippen molar-refractivity contribution < 1.29 is 27.4 Å². The number of halogens is 3. The number of carbonyl (C=O) groups is 1. The van der Waals surface area contributed by atoms with Crippen LogP contribution in [0, 0.1) is 6.92 Å². The minimum Gasteiger partial charge on any atom is -0.367 e. The number of hydrogen-bond donors (Lipinski definition) is 4. The van der Waals surface area contributed by atoms with Crippen molar-refractivity contribution >= 4 is 27.4 Å². The van der Waals surface area contributed by atoms with E-state index in [4.69, 9.17) is 10.9 Å². The number of alkyl halides is 3. The van der Waals surface area contributed by atoms with Crippen LogP contribution in [0.15, 0.2) is 80.9 Å². The second-order valence-electron chi connectivity index (χ2n) is 9.14. The summed E-state index contributed by atoms with van der Waals surface area (Å²) < 4.78 is 59.3. The van der Waals surface area contributed by atoms with Gasteiger partial charge in [-0.3, -0.25) is 24.0 Å². The van der Waals surface area contributed by atoms with Crippen LogP contribution in [0.1, 0.15) is 27.2 Å². The third kappa shape index (κ3) is 6.21. The van der Waals surface area contributed by atoms with E-state index in [1.807, 2.05) is 0 Å². The summed E-state index contributed by atoms with van der Waals surface area (Å²) in [6.45, 7) is 1.53. The largest absolute Gasteiger partial charge is 0.416 e. The topological polar surface area (TPSA) is 157 Å². The van der Waals surface area contributed by atoms with Gasteiger partial charge >= 0.3 is 6.18 Å². The normalized spacial score (nSPS) is 13.4. The maximum absolute atomic E-state index is 13.6. The van der Waals surface area contributed by atoms with Crippen molar-refractivity contribution in [3.63, 3.8) is 0 Å². The molecule has 42 heavy (non-hydrogen) atoms. The molecule has 0 spiro atoms. The van der Waals surface area contributed by atoms with Crippen molar-refractivity contribution in [3.8, 4) is 16.9 Å². The fourth-order valence-corrected chi connectivity index (χ4v) is 5.25. The summed E-state index contributed by atoms with van der Waals surface area (Å²) in [5.41, 5.74) is 6.65. The molecule has 0 fully saturated rings. The number of guanidine groups is 1. The number of aromatic nitrogens is 3. The van der Waals surface area contributed by atoms with Gasteiger partial charge in [0.1, 0.15) is 5.56 Å². The van der Waals surface area contributed by atoms with Crippen molar-refractivity contribution in [2.24, 2.45) is 17.2 Å². The van der Waals surface area contributed by atoms with Gasteiger partial charge in [0.25, 0.3) is 11.5 Å². The van der Waals surface area contributed by atoms with E-state index in [-0.39, 0.29) is 22.7 Å². The fraction of sp³-hybridized carbons (Fsp3) is 0.148. The first-order valence-electron chi connectivity index (χ1n) is 12.2. The number of pyridine rings is 1. The van der Waals surface area contributed by atoms with Gasteiger partial charge in [-0.15, -0.1) is 0 Å². The Morgan fingerprint density at radius 2 is 1.86 bits per heavy atom. The lowest BCUT2D eigenvalue weighted by molar-refractivity contribution is -0.137. The van der Waals surface area contributed by atoms with Gasteiger partial charge in [0, 0.05) is 36.7 Å². The molecular weight excluding hydrogens is 575 g/mol. The number of nitrogens with one attached hydrogen (secondary N) is 2. The lowest BCUT2D eigenvalue weighted by Crippen LogP contribution is -2.33. The third-order valence-electron chi connectivity index (χ3n) is 6.33. The predicted octanol–water partition coefficient (Wildman–Crippen LogP) is 2.78. The molecule has 0 saturated heterocycles. The zero-order chi connectivity index (χ0) is 30.8. The molecule has 2 aromatic carbocycles. The van der Waals surface area contributed by atoms with E-state index in [1.54, 1.807) is 37.7 Å². The van der Waals surface area contributed by atoms with Crippen molar-refractivity contribution in [1.82, 2.24) is 25.1 Å². The minimum absolute atomic E-state index is 0.0427. The zero-order valence-electron chi connectivity index (χ0n) is 22.3. The standard InChI is InChI=1S/C27H26F3N7O4S/c1-16-21(23-11-12-33-36(23)2)14-22(25(39)37(16)19-6-4-5-18(13-19)27(28,29)30)24(38)32-15-17-7-9-20(10-8-17)42(3,41)35-26(31)34-40/h4-14,40H,3,15H2,1-2H3,(H,32,38)(H3,31,34,35,41). The number of hydroxylamine groups is 1. The van der Waals surface area contributed by atoms with Gasteiger partial charge in [0.2, 0.25) is 5.96 Å². The van der Waals surface area contributed by atoms with Crippen LogP contribution in [0.4, 0.5) is 13.2 Å². The van der Waals surface area contributed by atoms with E-state index in [1.165, 1.54) is 41.2 Å². The van der Waals surface area contributed by atoms with Gasteiger partial charge in [-0.2, -0.15) is 22.7 Å². The van der Waals surface area contributed by atoms with E-state index < -0.39 is 38.9 Å². The van der Waals surface area contributed by atoms with Crippen LogP contribution in [0.3, 0.4) is 0 Å². The molecule has 15 heteroatoms. The number of benzene rings is 2.